The fourth-order valence-corrected chi connectivity index (χ4v) is 3.13. The van der Waals surface area contributed by atoms with Gasteiger partial charge in [0, 0.05) is 37.0 Å². The van der Waals surface area contributed by atoms with Crippen LogP contribution in [0.5, 0.6) is 5.75 Å². The van der Waals surface area contributed by atoms with E-state index in [0.717, 1.165) is 5.69 Å². The van der Waals surface area contributed by atoms with Gasteiger partial charge in [-0.1, -0.05) is 30.3 Å². The Morgan fingerprint density at radius 3 is 2.28 bits per heavy atom. The molecule has 36 heavy (non-hydrogen) atoms. The molecule has 0 aromatic heterocycles. The van der Waals surface area contributed by atoms with Crippen LogP contribution in [0.4, 0.5) is 11.4 Å². The minimum atomic E-state index is -0.671. The number of nitro benzene ring substituents is 1. The largest absolute Gasteiger partial charge is 0.490 e. The molecule has 0 aliphatic rings. The number of amides is 2. The summed E-state index contributed by atoms with van der Waals surface area (Å²) in [7, 11) is 5.17. The Bertz CT molecular complexity index is 1300. The van der Waals surface area contributed by atoms with E-state index in [-0.39, 0.29) is 17.1 Å². The highest BCUT2D eigenvalue weighted by atomic mass is 16.6. The zero-order chi connectivity index (χ0) is 26.1. The molecule has 10 heteroatoms. The molecule has 2 amide bonds. The quantitative estimate of drug-likeness (QED) is 0.206. The van der Waals surface area contributed by atoms with Crippen molar-refractivity contribution in [2.24, 2.45) is 5.10 Å². The predicted molar refractivity (Wildman–Crippen MR) is 138 cm³/mol. The van der Waals surface area contributed by atoms with E-state index in [0.29, 0.717) is 16.7 Å². The van der Waals surface area contributed by atoms with E-state index < -0.39 is 16.7 Å². The van der Waals surface area contributed by atoms with E-state index >= 15 is 0 Å². The van der Waals surface area contributed by atoms with Gasteiger partial charge >= 0.3 is 5.69 Å². The number of ether oxygens (including phenoxy) is 1. The maximum atomic E-state index is 12.9. The lowest BCUT2D eigenvalue weighted by atomic mass is 10.1. The van der Waals surface area contributed by atoms with Crippen molar-refractivity contribution in [1.82, 2.24) is 10.7 Å². The van der Waals surface area contributed by atoms with Crippen molar-refractivity contribution in [2.75, 3.05) is 26.1 Å². The van der Waals surface area contributed by atoms with E-state index in [1.807, 2.05) is 43.3 Å². The molecule has 184 valence electrons. The van der Waals surface area contributed by atoms with Crippen LogP contribution in [0.25, 0.3) is 6.08 Å². The van der Waals surface area contributed by atoms with Crippen molar-refractivity contribution in [3.8, 4) is 5.75 Å². The number of nitrogens with zero attached hydrogens (tertiary/aromatic N) is 3. The number of nitro groups is 1. The van der Waals surface area contributed by atoms with E-state index in [4.69, 9.17) is 4.74 Å². The summed E-state index contributed by atoms with van der Waals surface area (Å²) in [5.41, 5.74) is 4.52. The summed E-state index contributed by atoms with van der Waals surface area (Å²) in [5.74, 6) is -1.03. The number of hydrogen-bond acceptors (Lipinski definition) is 7. The fourth-order valence-electron chi connectivity index (χ4n) is 3.13. The van der Waals surface area contributed by atoms with Crippen LogP contribution in [0, 0.1) is 10.1 Å². The predicted octanol–water partition coefficient (Wildman–Crippen LogP) is 3.59. The topological polar surface area (TPSA) is 126 Å². The van der Waals surface area contributed by atoms with Gasteiger partial charge in [0.25, 0.3) is 11.8 Å². The molecule has 0 bridgehead atoms. The molecule has 3 aromatic rings. The van der Waals surface area contributed by atoms with Crippen LogP contribution in [0.1, 0.15) is 21.5 Å². The molecule has 0 unspecified atom stereocenters. The first-order valence-corrected chi connectivity index (χ1v) is 10.8. The van der Waals surface area contributed by atoms with Gasteiger partial charge < -0.3 is 15.0 Å². The van der Waals surface area contributed by atoms with Gasteiger partial charge in [-0.2, -0.15) is 5.10 Å². The molecule has 3 aromatic carbocycles. The van der Waals surface area contributed by atoms with Gasteiger partial charge in [-0.05, 0) is 48.0 Å². The third-order valence-electron chi connectivity index (χ3n) is 5.03. The number of carbonyl (C=O) groups is 2. The summed E-state index contributed by atoms with van der Waals surface area (Å²) in [6.45, 7) is 0. The van der Waals surface area contributed by atoms with Gasteiger partial charge in [-0.3, -0.25) is 19.7 Å². The van der Waals surface area contributed by atoms with Crippen LogP contribution >= 0.6 is 0 Å². The van der Waals surface area contributed by atoms with Gasteiger partial charge in [0.1, 0.15) is 5.70 Å². The molecule has 0 aliphatic carbocycles. The minimum Gasteiger partial charge on any atom is -0.490 e. The zero-order valence-electron chi connectivity index (χ0n) is 20.0. The summed E-state index contributed by atoms with van der Waals surface area (Å²) in [4.78, 5) is 38.2. The first-order chi connectivity index (χ1) is 17.3. The third kappa shape index (κ3) is 6.76. The molecule has 0 radical (unpaired) electrons. The molecular formula is C26H25N5O5. The molecule has 0 atom stereocenters. The lowest BCUT2D eigenvalue weighted by Crippen LogP contribution is -2.32. The molecule has 0 aliphatic heterocycles. The Morgan fingerprint density at radius 1 is 1.00 bits per heavy atom. The molecule has 3 rings (SSSR count). The van der Waals surface area contributed by atoms with Crippen LogP contribution in [0.3, 0.4) is 0 Å². The van der Waals surface area contributed by atoms with E-state index in [9.17, 15) is 19.7 Å². The second-order valence-corrected chi connectivity index (χ2v) is 7.75. The summed E-state index contributed by atoms with van der Waals surface area (Å²) < 4.78 is 4.98. The normalized spacial score (nSPS) is 11.1. The molecule has 10 nitrogen and oxygen atoms in total. The maximum absolute atomic E-state index is 12.9. The Labute approximate surface area is 208 Å². The number of anilines is 1. The fraction of sp³-hybridized carbons (Fsp3) is 0.115. The molecule has 0 fully saturated rings. The second-order valence-electron chi connectivity index (χ2n) is 7.75. The summed E-state index contributed by atoms with van der Waals surface area (Å²) in [5, 5.41) is 17.7. The lowest BCUT2D eigenvalue weighted by molar-refractivity contribution is -0.385. The van der Waals surface area contributed by atoms with Crippen LogP contribution < -0.4 is 20.4 Å². The second kappa shape index (κ2) is 11.9. The number of rotatable bonds is 9. The summed E-state index contributed by atoms with van der Waals surface area (Å²) in [6, 6.07) is 20.1. The van der Waals surface area contributed by atoms with Crippen molar-refractivity contribution in [3.63, 3.8) is 0 Å². The Kier molecular flexibility index (Phi) is 8.49. The van der Waals surface area contributed by atoms with E-state index in [1.54, 1.807) is 36.4 Å². The van der Waals surface area contributed by atoms with Crippen LogP contribution in [0.2, 0.25) is 0 Å². The first-order valence-electron chi connectivity index (χ1n) is 10.8. The van der Waals surface area contributed by atoms with Gasteiger partial charge in [0.05, 0.1) is 18.2 Å². The summed E-state index contributed by atoms with van der Waals surface area (Å²) in [6.07, 6.45) is 2.79. The Balaban J connectivity index is 1.83. The summed E-state index contributed by atoms with van der Waals surface area (Å²) >= 11 is 0. The zero-order valence-corrected chi connectivity index (χ0v) is 20.0. The van der Waals surface area contributed by atoms with Crippen molar-refractivity contribution in [2.45, 2.75) is 0 Å². The molecule has 2 N–H and O–H groups in total. The third-order valence-corrected chi connectivity index (χ3v) is 5.03. The highest BCUT2D eigenvalue weighted by Gasteiger charge is 2.16. The molecule has 0 heterocycles. The Hall–Kier alpha value is -4.99. The molecule has 0 spiro atoms. The van der Waals surface area contributed by atoms with Crippen LogP contribution in [0.15, 0.2) is 83.6 Å². The molecule has 0 saturated heterocycles. The molecule has 0 saturated carbocycles. The van der Waals surface area contributed by atoms with Crippen molar-refractivity contribution >= 4 is 35.5 Å². The van der Waals surface area contributed by atoms with Gasteiger partial charge in [0.2, 0.25) is 0 Å². The number of nitrogens with one attached hydrogen (secondary N) is 2. The average Bonchev–Trinajstić information content (AvgIpc) is 2.88. The van der Waals surface area contributed by atoms with Crippen molar-refractivity contribution in [1.29, 1.82) is 0 Å². The SMILES string of the molecule is COc1ccc(C=NNC(=O)C(=Cc2ccc(N(C)C)cc2)NC(=O)c2ccccc2)cc1[N+](=O)[O-]. The van der Waals surface area contributed by atoms with Gasteiger partial charge in [-0.25, -0.2) is 5.43 Å². The standard InChI is InChI=1S/C26H25N5O5/c1-30(2)21-12-9-18(10-13-21)15-22(28-25(32)20-7-5-4-6-8-20)26(33)29-27-17-19-11-14-24(36-3)23(16-19)31(34)35/h4-17H,1-3H3,(H,28,32)(H,29,33). The average molecular weight is 488 g/mol. The van der Waals surface area contributed by atoms with Crippen LogP contribution in [-0.2, 0) is 4.79 Å². The Morgan fingerprint density at radius 2 is 1.67 bits per heavy atom. The number of benzene rings is 3. The van der Waals surface area contributed by atoms with E-state index in [1.165, 1.54) is 31.5 Å². The van der Waals surface area contributed by atoms with Crippen molar-refractivity contribution in [3.05, 3.63) is 105 Å². The first kappa shape index (κ1) is 25.6. The number of hydrazone groups is 1. The van der Waals surface area contributed by atoms with Crippen LogP contribution in [-0.4, -0.2) is 44.2 Å². The highest BCUT2D eigenvalue weighted by molar-refractivity contribution is 6.05. The number of hydrogen-bond donors (Lipinski definition) is 2. The minimum absolute atomic E-state index is 0.0284. The van der Waals surface area contributed by atoms with E-state index in [2.05, 4.69) is 15.8 Å². The van der Waals surface area contributed by atoms with Crippen molar-refractivity contribution < 1.29 is 19.2 Å². The highest BCUT2D eigenvalue weighted by Crippen LogP contribution is 2.26. The van der Waals surface area contributed by atoms with Gasteiger partial charge in [0.15, 0.2) is 5.75 Å². The maximum Gasteiger partial charge on any atom is 0.311 e. The van der Waals surface area contributed by atoms with Gasteiger partial charge in [-0.15, -0.1) is 0 Å². The molecular weight excluding hydrogens is 462 g/mol. The smallest absolute Gasteiger partial charge is 0.311 e. The monoisotopic (exact) mass is 487 g/mol. The lowest BCUT2D eigenvalue weighted by Gasteiger charge is -2.12. The number of carbonyl (C=O) groups excluding carboxylic acids is 2. The number of methoxy groups -OCH3 is 1.